The van der Waals surface area contributed by atoms with E-state index in [9.17, 15) is 0 Å². The van der Waals surface area contributed by atoms with Crippen molar-refractivity contribution in [3.05, 3.63) is 0 Å². The van der Waals surface area contributed by atoms with E-state index in [1.54, 1.807) is 0 Å². The van der Waals surface area contributed by atoms with E-state index in [-0.39, 0.29) is 0 Å². The molecule has 0 aromatic carbocycles. The number of likely N-dealkylation sites (tertiary alicyclic amines) is 1. The molecule has 1 rings (SSSR count). The maximum absolute atomic E-state index is 5.40. The van der Waals surface area contributed by atoms with Gasteiger partial charge < -0.3 is 15.0 Å². The lowest BCUT2D eigenvalue weighted by atomic mass is 10.0. The largest absolute Gasteiger partial charge is 0.382 e. The summed E-state index contributed by atoms with van der Waals surface area (Å²) in [5, 5.41) is 4.25. The lowest BCUT2D eigenvalue weighted by Gasteiger charge is -2.20. The normalized spacial score (nSPS) is 19.6. The molecule has 1 atom stereocenters. The first-order chi connectivity index (χ1) is 8.27. The van der Waals surface area contributed by atoms with Crippen LogP contribution in [0.15, 0.2) is 0 Å². The number of nitrogens with zero attached hydrogens (tertiary/aromatic N) is 1. The van der Waals surface area contributed by atoms with Crippen LogP contribution in [0.2, 0.25) is 0 Å². The molecule has 0 bridgehead atoms. The highest BCUT2D eigenvalue weighted by Gasteiger charge is 2.22. The van der Waals surface area contributed by atoms with Gasteiger partial charge in [-0.1, -0.05) is 13.3 Å². The number of hydrogen-bond acceptors (Lipinski definition) is 2. The van der Waals surface area contributed by atoms with Gasteiger partial charge in [-0.15, -0.1) is 0 Å². The molecule has 17 heavy (non-hydrogen) atoms. The van der Waals surface area contributed by atoms with Crippen molar-refractivity contribution < 1.29 is 4.74 Å². The van der Waals surface area contributed by atoms with Crippen molar-refractivity contribution in [1.82, 2.24) is 10.2 Å². The Morgan fingerprint density at radius 3 is 3.00 bits per heavy atom. The molecule has 1 heterocycles. The van der Waals surface area contributed by atoms with Crippen LogP contribution >= 0.6 is 12.2 Å². The summed E-state index contributed by atoms with van der Waals surface area (Å²) in [6.07, 6.45) is 4.95. The molecule has 1 fully saturated rings. The van der Waals surface area contributed by atoms with Crippen molar-refractivity contribution in [2.75, 3.05) is 32.8 Å². The topological polar surface area (TPSA) is 24.5 Å². The Labute approximate surface area is 111 Å². The van der Waals surface area contributed by atoms with E-state index in [0.717, 1.165) is 50.3 Å². The number of nitrogens with one attached hydrogen (secondary N) is 1. The first-order valence-electron chi connectivity index (χ1n) is 6.88. The molecule has 1 N–H and O–H groups in total. The van der Waals surface area contributed by atoms with Crippen LogP contribution in [0.4, 0.5) is 0 Å². The first kappa shape index (κ1) is 14.7. The fourth-order valence-corrected chi connectivity index (χ4v) is 2.55. The molecular formula is C13H26N2OS. The summed E-state index contributed by atoms with van der Waals surface area (Å²) < 4.78 is 5.29. The van der Waals surface area contributed by atoms with Gasteiger partial charge in [-0.3, -0.25) is 0 Å². The standard InChI is InChI=1S/C13H26N2OS/c1-3-6-12-7-9-15(11-12)13(17)14-8-5-10-16-4-2/h12H,3-11H2,1-2H3,(H,14,17). The number of hydrogen-bond donors (Lipinski definition) is 1. The summed E-state index contributed by atoms with van der Waals surface area (Å²) in [6.45, 7) is 9.10. The van der Waals surface area contributed by atoms with Gasteiger partial charge >= 0.3 is 0 Å². The Morgan fingerprint density at radius 2 is 2.29 bits per heavy atom. The molecule has 0 aliphatic carbocycles. The van der Waals surface area contributed by atoms with Crippen molar-refractivity contribution in [2.45, 2.75) is 39.5 Å². The van der Waals surface area contributed by atoms with E-state index in [4.69, 9.17) is 17.0 Å². The molecule has 0 aromatic heterocycles. The van der Waals surface area contributed by atoms with Crippen molar-refractivity contribution in [3.8, 4) is 0 Å². The van der Waals surface area contributed by atoms with Gasteiger partial charge in [0, 0.05) is 32.8 Å². The van der Waals surface area contributed by atoms with Gasteiger partial charge in [-0.05, 0) is 44.3 Å². The van der Waals surface area contributed by atoms with Crippen LogP contribution in [0, 0.1) is 5.92 Å². The van der Waals surface area contributed by atoms with Crippen LogP contribution in [0.3, 0.4) is 0 Å². The van der Waals surface area contributed by atoms with E-state index in [1.165, 1.54) is 19.3 Å². The quantitative estimate of drug-likeness (QED) is 0.560. The Kier molecular flexibility index (Phi) is 7.53. The van der Waals surface area contributed by atoms with Gasteiger partial charge in [0.05, 0.1) is 0 Å². The Bertz CT molecular complexity index is 223. The van der Waals surface area contributed by atoms with Crippen LogP contribution < -0.4 is 5.32 Å². The van der Waals surface area contributed by atoms with Crippen molar-refractivity contribution in [1.29, 1.82) is 0 Å². The smallest absolute Gasteiger partial charge is 0.168 e. The van der Waals surface area contributed by atoms with Crippen LogP contribution in [0.5, 0.6) is 0 Å². The van der Waals surface area contributed by atoms with E-state index in [2.05, 4.69) is 17.1 Å². The van der Waals surface area contributed by atoms with Crippen LogP contribution in [0.25, 0.3) is 0 Å². The third-order valence-corrected chi connectivity index (χ3v) is 3.62. The summed E-state index contributed by atoms with van der Waals surface area (Å²) in [5.41, 5.74) is 0. The van der Waals surface area contributed by atoms with E-state index in [1.807, 2.05) is 6.92 Å². The predicted molar refractivity (Wildman–Crippen MR) is 76.3 cm³/mol. The SMILES string of the molecule is CCCC1CCN(C(=S)NCCCOCC)C1. The minimum absolute atomic E-state index is 0.801. The minimum Gasteiger partial charge on any atom is -0.382 e. The Morgan fingerprint density at radius 1 is 1.47 bits per heavy atom. The first-order valence-corrected chi connectivity index (χ1v) is 7.29. The fraction of sp³-hybridized carbons (Fsp3) is 0.923. The number of ether oxygens (including phenoxy) is 1. The van der Waals surface area contributed by atoms with Gasteiger partial charge in [-0.25, -0.2) is 0 Å². The van der Waals surface area contributed by atoms with Gasteiger partial charge in [-0.2, -0.15) is 0 Å². The molecule has 1 saturated heterocycles. The van der Waals surface area contributed by atoms with Gasteiger partial charge in [0.2, 0.25) is 0 Å². The zero-order valence-corrected chi connectivity index (χ0v) is 12.0. The lowest BCUT2D eigenvalue weighted by Crippen LogP contribution is -2.38. The third-order valence-electron chi connectivity index (χ3n) is 3.22. The number of thiocarbonyl (C=S) groups is 1. The number of rotatable bonds is 7. The predicted octanol–water partition coefficient (Wildman–Crippen LogP) is 2.41. The van der Waals surface area contributed by atoms with Crippen LogP contribution in [-0.2, 0) is 4.74 Å². The summed E-state index contributed by atoms with van der Waals surface area (Å²) in [4.78, 5) is 2.32. The average molecular weight is 258 g/mol. The van der Waals surface area contributed by atoms with Gasteiger partial charge in [0.1, 0.15) is 0 Å². The molecule has 0 radical (unpaired) electrons. The zero-order chi connectivity index (χ0) is 12.5. The maximum atomic E-state index is 5.40. The maximum Gasteiger partial charge on any atom is 0.168 e. The second kappa shape index (κ2) is 8.70. The summed E-state index contributed by atoms with van der Waals surface area (Å²) in [5.74, 6) is 0.850. The summed E-state index contributed by atoms with van der Waals surface area (Å²) >= 11 is 5.40. The van der Waals surface area contributed by atoms with E-state index >= 15 is 0 Å². The molecule has 0 aromatic rings. The fourth-order valence-electron chi connectivity index (χ4n) is 2.29. The Balaban J connectivity index is 2.08. The van der Waals surface area contributed by atoms with Crippen LogP contribution in [-0.4, -0.2) is 42.9 Å². The molecule has 3 nitrogen and oxygen atoms in total. The second-order valence-electron chi connectivity index (χ2n) is 4.67. The minimum atomic E-state index is 0.801. The summed E-state index contributed by atoms with van der Waals surface area (Å²) in [7, 11) is 0. The highest BCUT2D eigenvalue weighted by molar-refractivity contribution is 7.80. The summed E-state index contributed by atoms with van der Waals surface area (Å²) in [6, 6.07) is 0. The highest BCUT2D eigenvalue weighted by Crippen LogP contribution is 2.20. The zero-order valence-electron chi connectivity index (χ0n) is 11.2. The molecule has 1 aliphatic rings. The van der Waals surface area contributed by atoms with Gasteiger partial charge in [0.25, 0.3) is 0 Å². The Hall–Kier alpha value is -0.350. The average Bonchev–Trinajstić information content (AvgIpc) is 2.78. The highest BCUT2D eigenvalue weighted by atomic mass is 32.1. The lowest BCUT2D eigenvalue weighted by molar-refractivity contribution is 0.145. The van der Waals surface area contributed by atoms with Gasteiger partial charge in [0.15, 0.2) is 5.11 Å². The van der Waals surface area contributed by atoms with Crippen molar-refractivity contribution in [2.24, 2.45) is 5.92 Å². The molecular weight excluding hydrogens is 232 g/mol. The molecule has 0 amide bonds. The second-order valence-corrected chi connectivity index (χ2v) is 5.06. The molecule has 1 aliphatic heterocycles. The van der Waals surface area contributed by atoms with E-state index in [0.29, 0.717) is 0 Å². The molecule has 100 valence electrons. The molecule has 4 heteroatoms. The molecule has 1 unspecified atom stereocenters. The van der Waals surface area contributed by atoms with Crippen LogP contribution in [0.1, 0.15) is 39.5 Å². The van der Waals surface area contributed by atoms with E-state index < -0.39 is 0 Å². The molecule has 0 spiro atoms. The van der Waals surface area contributed by atoms with Crippen molar-refractivity contribution >= 4 is 17.3 Å². The monoisotopic (exact) mass is 258 g/mol. The van der Waals surface area contributed by atoms with Crippen molar-refractivity contribution in [3.63, 3.8) is 0 Å². The molecule has 0 saturated carbocycles. The third kappa shape index (κ3) is 5.68.